The van der Waals surface area contributed by atoms with Gasteiger partial charge >= 0.3 is 0 Å². The van der Waals surface area contributed by atoms with E-state index in [1.165, 1.54) is 4.88 Å². The number of anilines is 1. The average Bonchev–Trinajstić information content (AvgIpc) is 3.22. The number of carbonyl (C=O) groups is 1. The number of nitrogens with one attached hydrogen (secondary N) is 1. The van der Waals surface area contributed by atoms with Gasteiger partial charge in [0.15, 0.2) is 11.5 Å². The van der Waals surface area contributed by atoms with Gasteiger partial charge in [0.1, 0.15) is 10.8 Å². The van der Waals surface area contributed by atoms with Crippen LogP contribution in [0.3, 0.4) is 0 Å². The Morgan fingerprint density at radius 2 is 1.68 bits per heavy atom. The molecule has 178 valence electrons. The monoisotopic (exact) mass is 478 g/mol. The second kappa shape index (κ2) is 10.3. The van der Waals surface area contributed by atoms with Gasteiger partial charge in [-0.05, 0) is 62.8 Å². The molecule has 0 spiro atoms. The number of aliphatic imine (C=N–C) groups is 1. The van der Waals surface area contributed by atoms with Crippen LogP contribution < -0.4 is 19.5 Å². The molecule has 1 amide bonds. The second-order valence-electron chi connectivity index (χ2n) is 8.37. The Bertz CT molecular complexity index is 1250. The SMILES string of the molecule is COc1cc(OC)c(OC)cc1C=Nc1sc2c(c1C(=O)Nc1ccc(C)cc1C)CCCC2. The molecule has 34 heavy (non-hydrogen) atoms. The molecular weight excluding hydrogens is 448 g/mol. The number of fused-ring (bicyclic) bond motifs is 1. The lowest BCUT2D eigenvalue weighted by molar-refractivity contribution is 0.102. The molecular formula is C27H30N2O4S. The van der Waals surface area contributed by atoms with E-state index < -0.39 is 0 Å². The number of rotatable bonds is 7. The Balaban J connectivity index is 1.72. The fourth-order valence-electron chi connectivity index (χ4n) is 4.30. The molecule has 1 heterocycles. The smallest absolute Gasteiger partial charge is 0.259 e. The first kappa shape index (κ1) is 23.8. The highest BCUT2D eigenvalue weighted by atomic mass is 32.1. The molecule has 4 rings (SSSR count). The highest BCUT2D eigenvalue weighted by Crippen LogP contribution is 2.41. The van der Waals surface area contributed by atoms with E-state index in [1.807, 2.05) is 32.0 Å². The first-order valence-corrected chi connectivity index (χ1v) is 12.1. The number of nitrogens with zero attached hydrogens (tertiary/aromatic N) is 1. The first-order chi connectivity index (χ1) is 16.4. The van der Waals surface area contributed by atoms with E-state index in [0.29, 0.717) is 27.8 Å². The van der Waals surface area contributed by atoms with Gasteiger partial charge in [-0.3, -0.25) is 4.79 Å². The molecule has 1 aliphatic rings. The summed E-state index contributed by atoms with van der Waals surface area (Å²) in [4.78, 5) is 19.5. The van der Waals surface area contributed by atoms with Crippen molar-refractivity contribution in [1.82, 2.24) is 0 Å². The fraction of sp³-hybridized carbons (Fsp3) is 0.333. The first-order valence-electron chi connectivity index (χ1n) is 11.3. The number of hydrogen-bond acceptors (Lipinski definition) is 6. The lowest BCUT2D eigenvalue weighted by Crippen LogP contribution is -2.15. The number of benzene rings is 2. The minimum Gasteiger partial charge on any atom is -0.496 e. The van der Waals surface area contributed by atoms with Crippen molar-refractivity contribution in [3.05, 3.63) is 63.0 Å². The number of thiophene rings is 1. The van der Waals surface area contributed by atoms with Crippen LogP contribution in [0.1, 0.15) is 50.3 Å². The summed E-state index contributed by atoms with van der Waals surface area (Å²) in [6.07, 6.45) is 5.83. The summed E-state index contributed by atoms with van der Waals surface area (Å²) >= 11 is 1.60. The Hall–Kier alpha value is -3.32. The minimum absolute atomic E-state index is 0.113. The average molecular weight is 479 g/mol. The predicted molar refractivity (Wildman–Crippen MR) is 138 cm³/mol. The van der Waals surface area contributed by atoms with Crippen LogP contribution in [-0.4, -0.2) is 33.5 Å². The topological polar surface area (TPSA) is 69.1 Å². The van der Waals surface area contributed by atoms with Gasteiger partial charge in [-0.15, -0.1) is 11.3 Å². The summed E-state index contributed by atoms with van der Waals surface area (Å²) in [6.45, 7) is 4.05. The van der Waals surface area contributed by atoms with Crippen molar-refractivity contribution in [3.8, 4) is 17.2 Å². The quantitative estimate of drug-likeness (QED) is 0.406. The van der Waals surface area contributed by atoms with Crippen LogP contribution >= 0.6 is 11.3 Å². The third-order valence-electron chi connectivity index (χ3n) is 6.07. The van der Waals surface area contributed by atoms with E-state index >= 15 is 0 Å². The van der Waals surface area contributed by atoms with Gasteiger partial charge in [-0.25, -0.2) is 4.99 Å². The maximum atomic E-state index is 13.5. The number of carbonyl (C=O) groups excluding carboxylic acids is 1. The molecule has 0 saturated heterocycles. The van der Waals surface area contributed by atoms with Gasteiger partial charge < -0.3 is 19.5 Å². The summed E-state index contributed by atoms with van der Waals surface area (Å²) in [5.74, 6) is 1.67. The van der Waals surface area contributed by atoms with Crippen LogP contribution in [-0.2, 0) is 12.8 Å². The summed E-state index contributed by atoms with van der Waals surface area (Å²) in [7, 11) is 4.78. The Kier molecular flexibility index (Phi) is 7.22. The van der Waals surface area contributed by atoms with Crippen molar-refractivity contribution < 1.29 is 19.0 Å². The Morgan fingerprint density at radius 3 is 2.38 bits per heavy atom. The largest absolute Gasteiger partial charge is 0.496 e. The number of ether oxygens (including phenoxy) is 3. The number of hydrogen-bond donors (Lipinski definition) is 1. The lowest BCUT2D eigenvalue weighted by Gasteiger charge is -2.14. The fourth-order valence-corrected chi connectivity index (χ4v) is 5.53. The lowest BCUT2D eigenvalue weighted by atomic mass is 9.95. The van der Waals surface area contributed by atoms with Gasteiger partial charge in [0.05, 0.1) is 26.9 Å². The third kappa shape index (κ3) is 4.80. The van der Waals surface area contributed by atoms with E-state index in [0.717, 1.165) is 53.6 Å². The van der Waals surface area contributed by atoms with Gasteiger partial charge in [-0.1, -0.05) is 17.7 Å². The number of methoxy groups -OCH3 is 3. The van der Waals surface area contributed by atoms with Gasteiger partial charge in [0.25, 0.3) is 5.91 Å². The van der Waals surface area contributed by atoms with Gasteiger partial charge in [0, 0.05) is 28.4 Å². The molecule has 0 radical (unpaired) electrons. The van der Waals surface area contributed by atoms with E-state index in [-0.39, 0.29) is 5.91 Å². The molecule has 0 atom stereocenters. The van der Waals surface area contributed by atoms with E-state index in [4.69, 9.17) is 19.2 Å². The zero-order valence-electron chi connectivity index (χ0n) is 20.3. The van der Waals surface area contributed by atoms with E-state index in [9.17, 15) is 4.79 Å². The molecule has 0 bridgehead atoms. The normalized spacial score (nSPS) is 13.0. The van der Waals surface area contributed by atoms with Crippen LogP contribution in [0, 0.1) is 13.8 Å². The van der Waals surface area contributed by atoms with Crippen LogP contribution in [0.25, 0.3) is 0 Å². The van der Waals surface area contributed by atoms with Gasteiger partial charge in [-0.2, -0.15) is 0 Å². The number of aryl methyl sites for hydroxylation is 3. The van der Waals surface area contributed by atoms with Crippen LogP contribution in [0.5, 0.6) is 17.2 Å². The van der Waals surface area contributed by atoms with Crippen LogP contribution in [0.15, 0.2) is 35.3 Å². The highest BCUT2D eigenvalue weighted by Gasteiger charge is 2.25. The second-order valence-corrected chi connectivity index (χ2v) is 9.45. The Labute approximate surface area is 204 Å². The molecule has 1 N–H and O–H groups in total. The number of amides is 1. The highest BCUT2D eigenvalue weighted by molar-refractivity contribution is 7.16. The summed E-state index contributed by atoms with van der Waals surface area (Å²) in [5.41, 5.74) is 5.57. The summed E-state index contributed by atoms with van der Waals surface area (Å²) in [5, 5.41) is 3.83. The van der Waals surface area contributed by atoms with Crippen molar-refractivity contribution >= 4 is 34.1 Å². The maximum absolute atomic E-state index is 13.5. The van der Waals surface area contributed by atoms with Crippen molar-refractivity contribution in [1.29, 1.82) is 0 Å². The third-order valence-corrected chi connectivity index (χ3v) is 7.27. The van der Waals surface area contributed by atoms with E-state index in [1.54, 1.807) is 44.9 Å². The van der Waals surface area contributed by atoms with Crippen LogP contribution in [0.2, 0.25) is 0 Å². The zero-order chi connectivity index (χ0) is 24.2. The molecule has 1 aliphatic carbocycles. The van der Waals surface area contributed by atoms with Crippen molar-refractivity contribution in [3.63, 3.8) is 0 Å². The maximum Gasteiger partial charge on any atom is 0.259 e. The molecule has 0 saturated carbocycles. The van der Waals surface area contributed by atoms with Crippen molar-refractivity contribution in [2.75, 3.05) is 26.6 Å². The summed E-state index contributed by atoms with van der Waals surface area (Å²) in [6, 6.07) is 9.63. The molecule has 0 fully saturated rings. The minimum atomic E-state index is -0.113. The van der Waals surface area contributed by atoms with Gasteiger partial charge in [0.2, 0.25) is 0 Å². The molecule has 7 heteroatoms. The standard InChI is InChI=1S/C27H30N2O4S/c1-16-10-11-20(17(2)12-16)29-26(30)25-19-8-6-7-9-24(19)34-27(25)28-15-18-13-22(32-4)23(33-5)14-21(18)31-3/h10-15H,6-9H2,1-5H3,(H,29,30). The van der Waals surface area contributed by atoms with Crippen LogP contribution in [0.4, 0.5) is 10.7 Å². The summed E-state index contributed by atoms with van der Waals surface area (Å²) < 4.78 is 16.3. The van der Waals surface area contributed by atoms with E-state index in [2.05, 4.69) is 11.4 Å². The molecule has 0 unspecified atom stereocenters. The molecule has 2 aromatic carbocycles. The Morgan fingerprint density at radius 1 is 0.971 bits per heavy atom. The molecule has 0 aliphatic heterocycles. The molecule has 6 nitrogen and oxygen atoms in total. The predicted octanol–water partition coefficient (Wildman–Crippen LogP) is 6.27. The van der Waals surface area contributed by atoms with Crippen molar-refractivity contribution in [2.24, 2.45) is 4.99 Å². The zero-order valence-corrected chi connectivity index (χ0v) is 21.1. The molecule has 1 aromatic heterocycles. The van der Waals surface area contributed by atoms with Crippen molar-refractivity contribution in [2.45, 2.75) is 39.5 Å². The molecule has 3 aromatic rings.